The lowest BCUT2D eigenvalue weighted by Gasteiger charge is -2.13. The first-order chi connectivity index (χ1) is 22.8. The fraction of sp³-hybridized carbons (Fsp3) is 0. The molecule has 3 heterocycles. The van der Waals surface area contributed by atoms with Crippen LogP contribution in [-0.4, -0.2) is 9.97 Å². The molecule has 0 amide bonds. The van der Waals surface area contributed by atoms with Crippen LogP contribution in [0.5, 0.6) is 0 Å². The number of nitrogens with zero attached hydrogens (tertiary/aromatic N) is 2. The predicted octanol–water partition coefficient (Wildman–Crippen LogP) is 10.7. The number of rotatable bonds is 4. The van der Waals surface area contributed by atoms with Crippen molar-refractivity contribution in [3.05, 3.63) is 146 Å². The molecular formula is C38H24N2S. The molecule has 41 heavy (non-hydrogen) atoms. The molecule has 8 aromatic rings. The van der Waals surface area contributed by atoms with Gasteiger partial charge in [-0.3, -0.25) is 4.98 Å². The Balaban J connectivity index is 1.50. The van der Waals surface area contributed by atoms with Gasteiger partial charge in [0, 0.05) is 37.9 Å². The van der Waals surface area contributed by atoms with Crippen molar-refractivity contribution in [3.63, 3.8) is 0 Å². The van der Waals surface area contributed by atoms with Crippen LogP contribution >= 0.6 is 11.3 Å². The Kier molecular flexibility index (Phi) is 4.37. The van der Waals surface area contributed by atoms with Crippen LogP contribution in [0.15, 0.2) is 146 Å². The van der Waals surface area contributed by atoms with Crippen LogP contribution in [0.3, 0.4) is 0 Å². The number of hydrogen-bond donors (Lipinski definition) is 0. The van der Waals surface area contributed by atoms with Crippen molar-refractivity contribution in [3.8, 4) is 43.3 Å². The highest BCUT2D eigenvalue weighted by Crippen LogP contribution is 2.46. The molecule has 3 aromatic heterocycles. The van der Waals surface area contributed by atoms with Crippen LogP contribution in [0.2, 0.25) is 0 Å². The van der Waals surface area contributed by atoms with Gasteiger partial charge in [-0.05, 0) is 45.7 Å². The molecule has 0 spiro atoms. The third kappa shape index (κ3) is 4.10. The molecule has 0 atom stereocenters. The monoisotopic (exact) mass is 546 g/mol. The summed E-state index contributed by atoms with van der Waals surface area (Å²) < 4.78 is 54.5. The first-order valence-corrected chi connectivity index (χ1v) is 14.1. The molecule has 0 aliphatic carbocycles. The lowest BCUT2D eigenvalue weighted by atomic mass is 9.92. The van der Waals surface area contributed by atoms with Gasteiger partial charge in [0.15, 0.2) is 0 Å². The van der Waals surface area contributed by atoms with E-state index in [1.807, 2.05) is 97.1 Å². The van der Waals surface area contributed by atoms with Crippen molar-refractivity contribution in [2.24, 2.45) is 0 Å². The van der Waals surface area contributed by atoms with Gasteiger partial charge in [-0.1, -0.05) is 121 Å². The van der Waals surface area contributed by atoms with Crippen molar-refractivity contribution in [1.29, 1.82) is 0 Å². The summed E-state index contributed by atoms with van der Waals surface area (Å²) in [4.78, 5) is 11.3. The number of fused-ring (bicyclic) bond motifs is 4. The van der Waals surface area contributed by atoms with E-state index in [2.05, 4.69) is 4.98 Å². The van der Waals surface area contributed by atoms with Crippen LogP contribution in [0, 0.1) is 0 Å². The molecule has 0 radical (unpaired) electrons. The lowest BCUT2D eigenvalue weighted by molar-refractivity contribution is 1.37. The molecule has 2 nitrogen and oxygen atoms in total. The summed E-state index contributed by atoms with van der Waals surface area (Å²) >= 11 is 1.55. The first kappa shape index (κ1) is 18.3. The summed E-state index contributed by atoms with van der Waals surface area (Å²) in [5.41, 5.74) is 4.67. The SMILES string of the molecule is [2H]c1c([2H])c([2H])c2c(-c3cc(-c4ccccc4)sc3-c3ccccc3)c([2H])c([2H])c(-c3ccc4ccc5cccnc5c4n3)c2c1[2H]. The van der Waals surface area contributed by atoms with Crippen molar-refractivity contribution in [2.75, 3.05) is 0 Å². The zero-order chi connectivity index (χ0) is 32.4. The highest BCUT2D eigenvalue weighted by Gasteiger charge is 2.18. The minimum atomic E-state index is -0.404. The zero-order valence-corrected chi connectivity index (χ0v) is 22.5. The molecule has 3 heteroatoms. The minimum absolute atomic E-state index is 0.134. The van der Waals surface area contributed by atoms with Crippen molar-refractivity contribution < 1.29 is 8.22 Å². The Hall–Kier alpha value is -5.12. The second-order valence-electron chi connectivity index (χ2n) is 9.74. The molecule has 0 fully saturated rings. The fourth-order valence-electron chi connectivity index (χ4n) is 5.32. The highest BCUT2D eigenvalue weighted by atomic mass is 32.1. The van der Waals surface area contributed by atoms with E-state index >= 15 is 0 Å². The Labute approximate surface area is 250 Å². The van der Waals surface area contributed by atoms with Crippen molar-refractivity contribution >= 4 is 43.9 Å². The number of hydrogen-bond acceptors (Lipinski definition) is 3. The van der Waals surface area contributed by atoms with Gasteiger partial charge in [-0.2, -0.15) is 0 Å². The van der Waals surface area contributed by atoms with Crippen LogP contribution in [0.1, 0.15) is 8.22 Å². The van der Waals surface area contributed by atoms with Gasteiger partial charge in [0.2, 0.25) is 0 Å². The van der Waals surface area contributed by atoms with Crippen LogP contribution in [0.4, 0.5) is 0 Å². The summed E-state index contributed by atoms with van der Waals surface area (Å²) in [6, 6.07) is 31.4. The fourth-order valence-corrected chi connectivity index (χ4v) is 6.50. The van der Waals surface area contributed by atoms with Gasteiger partial charge < -0.3 is 0 Å². The smallest absolute Gasteiger partial charge is 0.0972 e. The van der Waals surface area contributed by atoms with E-state index in [9.17, 15) is 2.74 Å². The third-order valence-corrected chi connectivity index (χ3v) is 8.52. The number of benzene rings is 5. The second-order valence-corrected chi connectivity index (χ2v) is 10.8. The summed E-state index contributed by atoms with van der Waals surface area (Å²) in [5.74, 6) is 0. The lowest BCUT2D eigenvalue weighted by Crippen LogP contribution is -1.91. The molecule has 0 saturated heterocycles. The first-order valence-electron chi connectivity index (χ1n) is 16.3. The molecule has 0 saturated carbocycles. The Morgan fingerprint density at radius 3 is 2.00 bits per heavy atom. The number of pyridine rings is 2. The van der Waals surface area contributed by atoms with E-state index in [0.29, 0.717) is 27.9 Å². The van der Waals surface area contributed by atoms with Crippen molar-refractivity contribution in [2.45, 2.75) is 0 Å². The maximum absolute atomic E-state index is 9.49. The van der Waals surface area contributed by atoms with E-state index in [1.54, 1.807) is 23.6 Å². The van der Waals surface area contributed by atoms with Crippen LogP contribution < -0.4 is 0 Å². The van der Waals surface area contributed by atoms with Crippen LogP contribution in [-0.2, 0) is 0 Å². The Bertz CT molecular complexity index is 2530. The highest BCUT2D eigenvalue weighted by molar-refractivity contribution is 7.19. The minimum Gasteiger partial charge on any atom is -0.254 e. The van der Waals surface area contributed by atoms with E-state index < -0.39 is 12.1 Å². The van der Waals surface area contributed by atoms with Gasteiger partial charge in [0.1, 0.15) is 0 Å². The van der Waals surface area contributed by atoms with E-state index in [1.165, 1.54) is 0 Å². The summed E-state index contributed by atoms with van der Waals surface area (Å²) in [5, 5.41) is 2.11. The van der Waals surface area contributed by atoms with Gasteiger partial charge >= 0.3 is 0 Å². The number of thiophene rings is 1. The molecule has 0 N–H and O–H groups in total. The standard InChI is InChI=1S/C38H24N2S/c1-3-10-25(11-4-1)35-24-33(38(41-35)28-12-5-2-6-13-28)31-20-21-32(30-16-8-7-15-29(30)31)34-22-19-27-18-17-26-14-9-23-39-36(26)37(27)40-34/h1-24H/i7D,8D,15D,16D,20D,21D. The van der Waals surface area contributed by atoms with Gasteiger partial charge in [0.25, 0.3) is 0 Å². The largest absolute Gasteiger partial charge is 0.254 e. The zero-order valence-electron chi connectivity index (χ0n) is 27.7. The second kappa shape index (κ2) is 9.81. The van der Waals surface area contributed by atoms with Crippen LogP contribution in [0.25, 0.3) is 75.8 Å². The van der Waals surface area contributed by atoms with Gasteiger partial charge in [-0.15, -0.1) is 11.3 Å². The molecule has 192 valence electrons. The number of aromatic nitrogens is 2. The molecule has 0 aliphatic rings. The maximum atomic E-state index is 9.49. The normalized spacial score (nSPS) is 13.5. The molecule has 5 aromatic carbocycles. The Morgan fingerprint density at radius 2 is 1.22 bits per heavy atom. The molecule has 0 bridgehead atoms. The van der Waals surface area contributed by atoms with E-state index in [4.69, 9.17) is 10.5 Å². The van der Waals surface area contributed by atoms with E-state index in [0.717, 1.165) is 31.7 Å². The van der Waals surface area contributed by atoms with Gasteiger partial charge in [0.05, 0.1) is 25.0 Å². The predicted molar refractivity (Wildman–Crippen MR) is 174 cm³/mol. The summed E-state index contributed by atoms with van der Waals surface area (Å²) in [7, 11) is 0. The average molecular weight is 547 g/mol. The maximum Gasteiger partial charge on any atom is 0.0972 e. The Morgan fingerprint density at radius 1 is 0.561 bits per heavy atom. The quantitative estimate of drug-likeness (QED) is 0.205. The molecule has 8 rings (SSSR count). The van der Waals surface area contributed by atoms with Gasteiger partial charge in [-0.25, -0.2) is 4.98 Å². The van der Waals surface area contributed by atoms with E-state index in [-0.39, 0.29) is 40.5 Å². The third-order valence-electron chi connectivity index (χ3n) is 7.28. The topological polar surface area (TPSA) is 25.8 Å². The van der Waals surface area contributed by atoms with Crippen molar-refractivity contribution in [1.82, 2.24) is 9.97 Å². The average Bonchev–Trinajstić information content (AvgIpc) is 3.56. The molecule has 0 aliphatic heterocycles. The molecule has 0 unspecified atom stereocenters. The summed E-state index contributed by atoms with van der Waals surface area (Å²) in [6.07, 6.45) is 1.70. The summed E-state index contributed by atoms with van der Waals surface area (Å²) in [6.45, 7) is 0. The molecular weight excluding hydrogens is 516 g/mol.